The lowest BCUT2D eigenvalue weighted by Crippen LogP contribution is -2.23. The normalized spacial score (nSPS) is 16.2. The van der Waals surface area contributed by atoms with Gasteiger partial charge in [-0.05, 0) is 42.2 Å². The van der Waals surface area contributed by atoms with Crippen LogP contribution in [0.1, 0.15) is 60.0 Å². The Bertz CT molecular complexity index is 700. The smallest absolute Gasteiger partial charge is 0.251 e. The van der Waals surface area contributed by atoms with Crippen LogP contribution in [0.3, 0.4) is 0 Å². The van der Waals surface area contributed by atoms with Crippen LogP contribution in [0.15, 0.2) is 48.5 Å². The number of carbonyl (C=O) groups is 1. The molecule has 1 fully saturated rings. The summed E-state index contributed by atoms with van der Waals surface area (Å²) in [4.78, 5) is 14.6. The SMILES string of the molecule is CNC(=O)c1ccccc1C(C)c1ccc(N2CCCCCC2)cc1. The number of benzene rings is 2. The summed E-state index contributed by atoms with van der Waals surface area (Å²) < 4.78 is 0. The standard InChI is InChI=1S/C22H28N2O/c1-17(20-9-5-6-10-21(20)22(25)23-2)18-11-13-19(14-12-18)24-15-7-3-4-8-16-24/h5-6,9-14,17H,3-4,7-8,15-16H2,1-2H3,(H,23,25). The molecular formula is C22H28N2O. The highest BCUT2D eigenvalue weighted by Gasteiger charge is 2.17. The largest absolute Gasteiger partial charge is 0.372 e. The van der Waals surface area contributed by atoms with E-state index < -0.39 is 0 Å². The van der Waals surface area contributed by atoms with Gasteiger partial charge in [-0.15, -0.1) is 0 Å². The Labute approximate surface area is 151 Å². The monoisotopic (exact) mass is 336 g/mol. The fourth-order valence-corrected chi connectivity index (χ4v) is 3.70. The zero-order valence-corrected chi connectivity index (χ0v) is 15.3. The van der Waals surface area contributed by atoms with E-state index in [4.69, 9.17) is 0 Å². The molecule has 132 valence electrons. The number of amides is 1. The molecule has 0 radical (unpaired) electrons. The van der Waals surface area contributed by atoms with Crippen molar-refractivity contribution in [2.75, 3.05) is 25.0 Å². The molecule has 0 saturated carbocycles. The Balaban J connectivity index is 1.81. The summed E-state index contributed by atoms with van der Waals surface area (Å²) in [5, 5.41) is 2.74. The number of anilines is 1. The summed E-state index contributed by atoms with van der Waals surface area (Å²) >= 11 is 0. The second kappa shape index (κ2) is 8.19. The number of nitrogens with zero attached hydrogens (tertiary/aromatic N) is 1. The Kier molecular flexibility index (Phi) is 5.75. The molecule has 1 atom stereocenters. The molecule has 3 nitrogen and oxygen atoms in total. The molecule has 3 heteroatoms. The highest BCUT2D eigenvalue weighted by atomic mass is 16.1. The fraction of sp³-hybridized carbons (Fsp3) is 0.409. The lowest BCUT2D eigenvalue weighted by molar-refractivity contribution is 0.0962. The minimum absolute atomic E-state index is 0.0244. The molecule has 1 aliphatic heterocycles. The topological polar surface area (TPSA) is 32.3 Å². The molecule has 0 bridgehead atoms. The zero-order chi connectivity index (χ0) is 17.6. The summed E-state index contributed by atoms with van der Waals surface area (Å²) in [6.07, 6.45) is 5.28. The number of carbonyl (C=O) groups excluding carboxylic acids is 1. The molecule has 1 saturated heterocycles. The van der Waals surface area contributed by atoms with Crippen LogP contribution in [-0.2, 0) is 0 Å². The van der Waals surface area contributed by atoms with E-state index in [1.54, 1.807) is 7.05 Å². The maximum absolute atomic E-state index is 12.1. The molecule has 1 unspecified atom stereocenters. The van der Waals surface area contributed by atoms with Gasteiger partial charge in [0.15, 0.2) is 0 Å². The molecular weight excluding hydrogens is 308 g/mol. The van der Waals surface area contributed by atoms with Gasteiger partial charge < -0.3 is 10.2 Å². The summed E-state index contributed by atoms with van der Waals surface area (Å²) in [5.41, 5.74) is 4.39. The van der Waals surface area contributed by atoms with Gasteiger partial charge in [0.25, 0.3) is 5.91 Å². The summed E-state index contributed by atoms with van der Waals surface area (Å²) in [7, 11) is 1.68. The summed E-state index contributed by atoms with van der Waals surface area (Å²) in [6.45, 7) is 4.49. The maximum Gasteiger partial charge on any atom is 0.251 e. The highest BCUT2D eigenvalue weighted by Crippen LogP contribution is 2.29. The summed E-state index contributed by atoms with van der Waals surface area (Å²) in [6, 6.07) is 16.8. The number of rotatable bonds is 4. The van der Waals surface area contributed by atoms with E-state index in [2.05, 4.69) is 47.5 Å². The quantitative estimate of drug-likeness (QED) is 0.886. The van der Waals surface area contributed by atoms with Crippen molar-refractivity contribution in [1.82, 2.24) is 5.32 Å². The van der Waals surface area contributed by atoms with Gasteiger partial charge >= 0.3 is 0 Å². The molecule has 0 spiro atoms. The van der Waals surface area contributed by atoms with Gasteiger partial charge in [-0.25, -0.2) is 0 Å². The van der Waals surface area contributed by atoms with Crippen molar-refractivity contribution in [3.8, 4) is 0 Å². The second-order valence-electron chi connectivity index (χ2n) is 6.88. The van der Waals surface area contributed by atoms with Crippen LogP contribution in [0.25, 0.3) is 0 Å². The van der Waals surface area contributed by atoms with Crippen LogP contribution in [0.5, 0.6) is 0 Å². The van der Waals surface area contributed by atoms with Gasteiger partial charge in [0, 0.05) is 37.3 Å². The third-order valence-corrected chi connectivity index (χ3v) is 5.26. The first-order chi connectivity index (χ1) is 12.2. The number of nitrogens with one attached hydrogen (secondary N) is 1. The molecule has 1 aliphatic rings. The van der Waals surface area contributed by atoms with Crippen molar-refractivity contribution in [3.63, 3.8) is 0 Å². The van der Waals surface area contributed by atoms with E-state index in [1.807, 2.05) is 18.2 Å². The molecule has 25 heavy (non-hydrogen) atoms. The average Bonchev–Trinajstić information content (AvgIpc) is 2.96. The molecule has 1 heterocycles. The number of hydrogen-bond acceptors (Lipinski definition) is 2. The van der Waals surface area contributed by atoms with Crippen LogP contribution in [0.2, 0.25) is 0 Å². The van der Waals surface area contributed by atoms with Crippen LogP contribution in [-0.4, -0.2) is 26.0 Å². The third kappa shape index (κ3) is 4.04. The Hall–Kier alpha value is -2.29. The van der Waals surface area contributed by atoms with Crippen LogP contribution in [0.4, 0.5) is 5.69 Å². The molecule has 0 aromatic heterocycles. The Morgan fingerprint density at radius 1 is 0.960 bits per heavy atom. The maximum atomic E-state index is 12.1. The van der Waals surface area contributed by atoms with Crippen molar-refractivity contribution in [2.45, 2.75) is 38.5 Å². The molecule has 0 aliphatic carbocycles. The van der Waals surface area contributed by atoms with Gasteiger partial charge in [-0.3, -0.25) is 4.79 Å². The van der Waals surface area contributed by atoms with Crippen LogP contribution in [0, 0.1) is 0 Å². The van der Waals surface area contributed by atoms with Crippen molar-refractivity contribution >= 4 is 11.6 Å². The zero-order valence-electron chi connectivity index (χ0n) is 15.3. The third-order valence-electron chi connectivity index (χ3n) is 5.26. The lowest BCUT2D eigenvalue weighted by Gasteiger charge is -2.23. The van der Waals surface area contributed by atoms with Crippen molar-refractivity contribution in [3.05, 3.63) is 65.2 Å². The minimum Gasteiger partial charge on any atom is -0.372 e. The van der Waals surface area contributed by atoms with Gasteiger partial charge in [0.05, 0.1) is 0 Å². The Morgan fingerprint density at radius 2 is 1.60 bits per heavy atom. The molecule has 1 N–H and O–H groups in total. The predicted molar refractivity (Wildman–Crippen MR) is 104 cm³/mol. The van der Waals surface area contributed by atoms with Gasteiger partial charge in [0.1, 0.15) is 0 Å². The second-order valence-corrected chi connectivity index (χ2v) is 6.88. The van der Waals surface area contributed by atoms with Gasteiger partial charge in [0.2, 0.25) is 0 Å². The predicted octanol–water partition coefficient (Wildman–Crippen LogP) is 4.58. The van der Waals surface area contributed by atoms with Gasteiger partial charge in [-0.1, -0.05) is 50.1 Å². The molecule has 3 rings (SSSR count). The lowest BCUT2D eigenvalue weighted by atomic mass is 9.89. The van der Waals surface area contributed by atoms with Crippen molar-refractivity contribution < 1.29 is 4.79 Å². The molecule has 2 aromatic carbocycles. The summed E-state index contributed by atoms with van der Waals surface area (Å²) in [5.74, 6) is 0.162. The van der Waals surface area contributed by atoms with Crippen molar-refractivity contribution in [2.24, 2.45) is 0 Å². The van der Waals surface area contributed by atoms with E-state index in [-0.39, 0.29) is 11.8 Å². The molecule has 1 amide bonds. The van der Waals surface area contributed by atoms with E-state index >= 15 is 0 Å². The van der Waals surface area contributed by atoms with E-state index in [0.717, 1.165) is 24.2 Å². The average molecular weight is 336 g/mol. The minimum atomic E-state index is -0.0244. The van der Waals surface area contributed by atoms with E-state index in [1.165, 1.54) is 36.9 Å². The van der Waals surface area contributed by atoms with E-state index in [0.29, 0.717) is 0 Å². The van der Waals surface area contributed by atoms with Crippen molar-refractivity contribution in [1.29, 1.82) is 0 Å². The fourth-order valence-electron chi connectivity index (χ4n) is 3.70. The van der Waals surface area contributed by atoms with Crippen LogP contribution < -0.4 is 10.2 Å². The first-order valence-corrected chi connectivity index (χ1v) is 9.36. The first-order valence-electron chi connectivity index (χ1n) is 9.36. The first kappa shape index (κ1) is 17.5. The van der Waals surface area contributed by atoms with Crippen LogP contribution >= 0.6 is 0 Å². The highest BCUT2D eigenvalue weighted by molar-refractivity contribution is 5.95. The number of hydrogen-bond donors (Lipinski definition) is 1. The van der Waals surface area contributed by atoms with Gasteiger partial charge in [-0.2, -0.15) is 0 Å². The van der Waals surface area contributed by atoms with E-state index in [9.17, 15) is 4.79 Å². The Morgan fingerprint density at radius 3 is 2.24 bits per heavy atom. The molecule has 2 aromatic rings.